The van der Waals surface area contributed by atoms with Crippen molar-refractivity contribution in [3.8, 4) is 17.4 Å². The zero-order chi connectivity index (χ0) is 22.8. The summed E-state index contributed by atoms with van der Waals surface area (Å²) >= 11 is 0. The van der Waals surface area contributed by atoms with Crippen LogP contribution in [0.1, 0.15) is 16.2 Å². The molecule has 0 aliphatic heterocycles. The summed E-state index contributed by atoms with van der Waals surface area (Å²) in [5, 5.41) is 3.37. The highest BCUT2D eigenvalue weighted by Crippen LogP contribution is 2.23. The summed E-state index contributed by atoms with van der Waals surface area (Å²) in [5.74, 6) is 1.75. The number of anilines is 1. The zero-order valence-electron chi connectivity index (χ0n) is 17.4. The Hall–Kier alpha value is -4.79. The normalized spacial score (nSPS) is 10.8. The van der Waals surface area contributed by atoms with Gasteiger partial charge in [0.05, 0.1) is 0 Å². The molecule has 0 unspecified atom stereocenters. The third-order valence-electron chi connectivity index (χ3n) is 4.92. The Morgan fingerprint density at radius 2 is 1.85 bits per heavy atom. The van der Waals surface area contributed by atoms with Crippen LogP contribution < -0.4 is 15.7 Å². The second-order valence-electron chi connectivity index (χ2n) is 7.12. The SMILES string of the molecule is Cc1nccn1-c1cc(Oc2ccc(NC(=O)c3cc4ccccc4oc3=O)cc2)ncn1. The summed E-state index contributed by atoms with van der Waals surface area (Å²) in [6.07, 6.45) is 4.90. The van der Waals surface area contributed by atoms with Crippen LogP contribution in [0.5, 0.6) is 11.6 Å². The number of ether oxygens (including phenoxy) is 1. The highest BCUT2D eigenvalue weighted by atomic mass is 16.5. The maximum atomic E-state index is 12.6. The molecule has 0 atom stereocenters. The largest absolute Gasteiger partial charge is 0.439 e. The third-order valence-corrected chi connectivity index (χ3v) is 4.92. The zero-order valence-corrected chi connectivity index (χ0v) is 17.4. The average molecular weight is 439 g/mol. The second kappa shape index (κ2) is 8.39. The van der Waals surface area contributed by atoms with E-state index in [0.29, 0.717) is 34.1 Å². The molecule has 0 aliphatic rings. The fraction of sp³-hybridized carbons (Fsp3) is 0.0417. The van der Waals surface area contributed by atoms with Crippen molar-refractivity contribution < 1.29 is 13.9 Å². The predicted octanol–water partition coefficient (Wildman–Crippen LogP) is 4.12. The van der Waals surface area contributed by atoms with Crippen molar-refractivity contribution in [1.82, 2.24) is 19.5 Å². The first-order valence-corrected chi connectivity index (χ1v) is 10.0. The van der Waals surface area contributed by atoms with E-state index in [-0.39, 0.29) is 5.56 Å². The van der Waals surface area contributed by atoms with Crippen LogP contribution in [0.2, 0.25) is 0 Å². The number of rotatable bonds is 5. The first kappa shape index (κ1) is 20.1. The average Bonchev–Trinajstić information content (AvgIpc) is 3.26. The van der Waals surface area contributed by atoms with E-state index in [9.17, 15) is 9.59 Å². The number of amides is 1. The van der Waals surface area contributed by atoms with Crippen molar-refractivity contribution in [1.29, 1.82) is 0 Å². The monoisotopic (exact) mass is 439 g/mol. The first-order valence-electron chi connectivity index (χ1n) is 10.0. The Labute approximate surface area is 187 Å². The number of aryl methyl sites for hydroxylation is 1. The Morgan fingerprint density at radius 3 is 2.64 bits per heavy atom. The molecule has 9 nitrogen and oxygen atoms in total. The van der Waals surface area contributed by atoms with Crippen LogP contribution >= 0.6 is 0 Å². The van der Waals surface area contributed by atoms with Gasteiger partial charge in [0.15, 0.2) is 0 Å². The maximum absolute atomic E-state index is 12.6. The van der Waals surface area contributed by atoms with Crippen molar-refractivity contribution in [2.45, 2.75) is 6.92 Å². The van der Waals surface area contributed by atoms with Crippen molar-refractivity contribution in [3.05, 3.63) is 101 Å². The molecule has 2 aromatic carbocycles. The number of imidazole rings is 1. The third kappa shape index (κ3) is 4.19. The molecule has 1 amide bonds. The van der Waals surface area contributed by atoms with Crippen molar-refractivity contribution in [2.75, 3.05) is 5.32 Å². The van der Waals surface area contributed by atoms with Crippen molar-refractivity contribution in [2.24, 2.45) is 0 Å². The van der Waals surface area contributed by atoms with Crippen LogP contribution in [0.4, 0.5) is 5.69 Å². The summed E-state index contributed by atoms with van der Waals surface area (Å²) in [6.45, 7) is 1.87. The number of aromatic nitrogens is 4. The summed E-state index contributed by atoms with van der Waals surface area (Å²) in [6, 6.07) is 16.9. The molecule has 33 heavy (non-hydrogen) atoms. The van der Waals surface area contributed by atoms with Gasteiger partial charge in [0.25, 0.3) is 5.91 Å². The molecule has 3 aromatic heterocycles. The minimum atomic E-state index is -0.696. The van der Waals surface area contributed by atoms with E-state index in [4.69, 9.17) is 9.15 Å². The number of benzene rings is 2. The quantitative estimate of drug-likeness (QED) is 0.410. The highest BCUT2D eigenvalue weighted by Gasteiger charge is 2.14. The second-order valence-corrected chi connectivity index (χ2v) is 7.12. The van der Waals surface area contributed by atoms with Gasteiger partial charge in [0, 0.05) is 29.5 Å². The van der Waals surface area contributed by atoms with Gasteiger partial charge in [-0.2, -0.15) is 0 Å². The number of nitrogens with zero attached hydrogens (tertiary/aromatic N) is 4. The Balaban J connectivity index is 1.30. The maximum Gasteiger partial charge on any atom is 0.349 e. The van der Waals surface area contributed by atoms with Crippen molar-refractivity contribution in [3.63, 3.8) is 0 Å². The van der Waals surface area contributed by atoms with E-state index >= 15 is 0 Å². The molecule has 0 bridgehead atoms. The fourth-order valence-corrected chi connectivity index (χ4v) is 3.28. The molecule has 0 saturated carbocycles. The predicted molar refractivity (Wildman–Crippen MR) is 121 cm³/mol. The molecular formula is C24H17N5O4. The van der Waals surface area contributed by atoms with E-state index in [1.807, 2.05) is 11.5 Å². The molecule has 5 rings (SSSR count). The molecule has 0 fully saturated rings. The summed E-state index contributed by atoms with van der Waals surface area (Å²) in [7, 11) is 0. The number of para-hydroxylation sites is 1. The van der Waals surface area contributed by atoms with Gasteiger partial charge >= 0.3 is 5.63 Å². The number of hydrogen-bond donors (Lipinski definition) is 1. The molecule has 0 saturated heterocycles. The topological polar surface area (TPSA) is 112 Å². The van der Waals surface area contributed by atoms with Crippen LogP contribution in [0, 0.1) is 6.92 Å². The summed E-state index contributed by atoms with van der Waals surface area (Å²) < 4.78 is 12.8. The molecule has 1 N–H and O–H groups in total. The molecule has 162 valence electrons. The number of nitrogens with one attached hydrogen (secondary N) is 1. The lowest BCUT2D eigenvalue weighted by molar-refractivity contribution is 0.102. The Kier molecular flexibility index (Phi) is 5.12. The van der Waals surface area contributed by atoms with Gasteiger partial charge in [-0.15, -0.1) is 0 Å². The van der Waals surface area contributed by atoms with Crippen LogP contribution in [0.3, 0.4) is 0 Å². The van der Waals surface area contributed by atoms with Gasteiger partial charge < -0.3 is 14.5 Å². The lowest BCUT2D eigenvalue weighted by Gasteiger charge is -2.09. The van der Waals surface area contributed by atoms with E-state index in [1.54, 1.807) is 67.0 Å². The van der Waals surface area contributed by atoms with E-state index in [1.165, 1.54) is 12.4 Å². The lowest BCUT2D eigenvalue weighted by Crippen LogP contribution is -2.20. The molecular weight excluding hydrogens is 422 g/mol. The minimum Gasteiger partial charge on any atom is -0.439 e. The number of carbonyl (C=O) groups excluding carboxylic acids is 1. The minimum absolute atomic E-state index is 0.0719. The molecule has 5 aromatic rings. The number of hydrogen-bond acceptors (Lipinski definition) is 7. The highest BCUT2D eigenvalue weighted by molar-refractivity contribution is 6.05. The van der Waals surface area contributed by atoms with E-state index in [2.05, 4.69) is 20.3 Å². The molecule has 0 radical (unpaired) electrons. The Bertz CT molecular complexity index is 1520. The van der Waals surface area contributed by atoms with Crippen molar-refractivity contribution >= 4 is 22.6 Å². The molecule has 9 heteroatoms. The molecule has 0 aliphatic carbocycles. The first-order chi connectivity index (χ1) is 16.1. The van der Waals surface area contributed by atoms with Gasteiger partial charge in [0.1, 0.15) is 34.9 Å². The van der Waals surface area contributed by atoms with E-state index < -0.39 is 11.5 Å². The van der Waals surface area contributed by atoms with Crippen LogP contribution in [0.15, 0.2) is 88.6 Å². The van der Waals surface area contributed by atoms with Crippen LogP contribution in [-0.2, 0) is 0 Å². The summed E-state index contributed by atoms with van der Waals surface area (Å²) in [4.78, 5) is 37.4. The smallest absolute Gasteiger partial charge is 0.349 e. The van der Waals surface area contributed by atoms with Gasteiger partial charge in [0.2, 0.25) is 5.88 Å². The van der Waals surface area contributed by atoms with Gasteiger partial charge in [-0.05, 0) is 43.3 Å². The Morgan fingerprint density at radius 1 is 1.03 bits per heavy atom. The summed E-state index contributed by atoms with van der Waals surface area (Å²) in [5.41, 5.74) is 0.158. The van der Waals surface area contributed by atoms with Crippen LogP contribution in [0.25, 0.3) is 16.8 Å². The lowest BCUT2D eigenvalue weighted by atomic mass is 10.1. The fourth-order valence-electron chi connectivity index (χ4n) is 3.28. The number of carbonyl (C=O) groups is 1. The van der Waals surface area contributed by atoms with Gasteiger partial charge in [-0.25, -0.2) is 19.7 Å². The van der Waals surface area contributed by atoms with Crippen LogP contribution in [-0.4, -0.2) is 25.4 Å². The van der Waals surface area contributed by atoms with Gasteiger partial charge in [-0.1, -0.05) is 18.2 Å². The molecule has 0 spiro atoms. The molecule has 3 heterocycles. The standard InChI is InChI=1S/C24H17N5O4/c1-15-25-10-11-29(15)21-13-22(27-14-26-21)32-18-8-6-17(7-9-18)28-23(30)19-12-16-4-2-3-5-20(16)33-24(19)31/h2-14H,1H3,(H,28,30). The number of fused-ring (bicyclic) bond motifs is 1. The van der Waals surface area contributed by atoms with E-state index in [0.717, 1.165) is 5.82 Å². The van der Waals surface area contributed by atoms with Gasteiger partial charge in [-0.3, -0.25) is 9.36 Å².